The molecule has 0 aromatic carbocycles. The summed E-state index contributed by atoms with van der Waals surface area (Å²) in [6.45, 7) is 2.97. The average molecular weight is 219 g/mol. The van der Waals surface area contributed by atoms with Crippen LogP contribution in [0, 0.1) is 0 Å². The third-order valence-corrected chi connectivity index (χ3v) is 2.45. The molecule has 1 fully saturated rings. The summed E-state index contributed by atoms with van der Waals surface area (Å²) >= 11 is 0. The number of amides is 1. The molecule has 15 heavy (non-hydrogen) atoms. The fourth-order valence-corrected chi connectivity index (χ4v) is 1.64. The largest absolute Gasteiger partial charge is 0.388 e. The van der Waals surface area contributed by atoms with Crippen molar-refractivity contribution in [3.05, 3.63) is 0 Å². The van der Waals surface area contributed by atoms with Crippen molar-refractivity contribution < 1.29 is 24.5 Å². The quantitative estimate of drug-likeness (QED) is 0.532. The Morgan fingerprint density at radius 1 is 1.40 bits per heavy atom. The zero-order valence-corrected chi connectivity index (χ0v) is 9.01. The number of carbonyl (C=O) groups is 1. The van der Waals surface area contributed by atoms with E-state index in [0.29, 0.717) is 0 Å². The minimum atomic E-state index is -1.08. The number of carbonyl (C=O) groups excluding carboxylic acids is 1. The lowest BCUT2D eigenvalue weighted by atomic mass is 9.97. The van der Waals surface area contributed by atoms with Crippen LogP contribution in [-0.4, -0.2) is 53.9 Å². The highest BCUT2D eigenvalue weighted by atomic mass is 16.7. The highest BCUT2D eigenvalue weighted by Gasteiger charge is 2.43. The Morgan fingerprint density at radius 3 is 2.47 bits per heavy atom. The summed E-state index contributed by atoms with van der Waals surface area (Å²) in [5.41, 5.74) is 0. The van der Waals surface area contributed by atoms with Crippen LogP contribution in [0.1, 0.15) is 13.8 Å². The molecule has 0 radical (unpaired) electrons. The molecule has 1 aliphatic rings. The van der Waals surface area contributed by atoms with E-state index in [0.717, 1.165) is 0 Å². The van der Waals surface area contributed by atoms with E-state index in [4.69, 9.17) is 9.47 Å². The molecule has 6 nitrogen and oxygen atoms in total. The van der Waals surface area contributed by atoms with Crippen LogP contribution in [0.3, 0.4) is 0 Å². The highest BCUT2D eigenvalue weighted by Crippen LogP contribution is 2.21. The molecule has 5 atom stereocenters. The Hall–Kier alpha value is -0.690. The number of rotatable bonds is 2. The molecule has 1 rings (SSSR count). The molecule has 6 heteroatoms. The van der Waals surface area contributed by atoms with Crippen LogP contribution in [-0.2, 0) is 14.3 Å². The highest BCUT2D eigenvalue weighted by molar-refractivity contribution is 5.73. The molecule has 88 valence electrons. The first-order chi connectivity index (χ1) is 6.97. The Kier molecular flexibility index (Phi) is 4.04. The van der Waals surface area contributed by atoms with Crippen LogP contribution in [0.25, 0.3) is 0 Å². The van der Waals surface area contributed by atoms with E-state index in [9.17, 15) is 15.0 Å². The third kappa shape index (κ3) is 2.66. The fourth-order valence-electron chi connectivity index (χ4n) is 1.64. The van der Waals surface area contributed by atoms with Crippen molar-refractivity contribution in [2.75, 3.05) is 7.11 Å². The second kappa shape index (κ2) is 4.89. The smallest absolute Gasteiger partial charge is 0.217 e. The van der Waals surface area contributed by atoms with E-state index >= 15 is 0 Å². The van der Waals surface area contributed by atoms with Crippen LogP contribution < -0.4 is 5.32 Å². The van der Waals surface area contributed by atoms with Crippen molar-refractivity contribution in [3.8, 4) is 0 Å². The maximum absolute atomic E-state index is 10.9. The topological polar surface area (TPSA) is 88.0 Å². The summed E-state index contributed by atoms with van der Waals surface area (Å²) in [6, 6.07) is -0.767. The Labute approximate surface area is 88.2 Å². The van der Waals surface area contributed by atoms with Gasteiger partial charge in [0.2, 0.25) is 5.91 Å². The van der Waals surface area contributed by atoms with Gasteiger partial charge in [0.25, 0.3) is 0 Å². The first-order valence-corrected chi connectivity index (χ1v) is 4.79. The van der Waals surface area contributed by atoms with Gasteiger partial charge in [-0.15, -0.1) is 0 Å². The van der Waals surface area contributed by atoms with Gasteiger partial charge in [0.15, 0.2) is 6.29 Å². The predicted molar refractivity (Wildman–Crippen MR) is 51.0 cm³/mol. The van der Waals surface area contributed by atoms with Gasteiger partial charge in [-0.1, -0.05) is 0 Å². The van der Waals surface area contributed by atoms with Crippen molar-refractivity contribution in [3.63, 3.8) is 0 Å². The van der Waals surface area contributed by atoms with Gasteiger partial charge in [-0.2, -0.15) is 0 Å². The summed E-state index contributed by atoms with van der Waals surface area (Å²) in [5.74, 6) is -0.318. The normalized spacial score (nSPS) is 41.3. The van der Waals surface area contributed by atoms with Crippen molar-refractivity contribution in [2.24, 2.45) is 0 Å². The molecule has 1 aliphatic heterocycles. The number of hydrogen-bond acceptors (Lipinski definition) is 5. The standard InChI is InChI=1S/C9H17NO5/c1-4-7(12)6(10-5(2)11)8(13)9(14-3)15-4/h4,6-9,12-13H,1-3H3,(H,10,11)/t4-,6+,7+,8+,9+/m1/s1. The van der Waals surface area contributed by atoms with Crippen LogP contribution in [0.2, 0.25) is 0 Å². The van der Waals surface area contributed by atoms with Gasteiger partial charge in [0.1, 0.15) is 12.2 Å². The van der Waals surface area contributed by atoms with Crippen LogP contribution >= 0.6 is 0 Å². The molecule has 1 saturated heterocycles. The summed E-state index contributed by atoms with van der Waals surface area (Å²) in [7, 11) is 1.39. The number of nitrogens with one attached hydrogen (secondary N) is 1. The second-order valence-electron chi connectivity index (χ2n) is 3.65. The van der Waals surface area contributed by atoms with E-state index in [2.05, 4.69) is 5.32 Å². The molecule has 1 amide bonds. The number of aliphatic hydroxyl groups excluding tert-OH is 2. The zero-order chi connectivity index (χ0) is 11.6. The van der Waals surface area contributed by atoms with Crippen molar-refractivity contribution in [1.29, 1.82) is 0 Å². The molecule has 0 unspecified atom stereocenters. The lowest BCUT2D eigenvalue weighted by molar-refractivity contribution is -0.261. The van der Waals surface area contributed by atoms with Gasteiger partial charge in [0.05, 0.1) is 12.1 Å². The van der Waals surface area contributed by atoms with Gasteiger partial charge < -0.3 is 25.0 Å². The lowest BCUT2D eigenvalue weighted by Crippen LogP contribution is -2.63. The maximum Gasteiger partial charge on any atom is 0.217 e. The number of hydrogen-bond donors (Lipinski definition) is 3. The van der Waals surface area contributed by atoms with E-state index < -0.39 is 30.6 Å². The fraction of sp³-hybridized carbons (Fsp3) is 0.889. The molecule has 0 spiro atoms. The molecule has 1 heterocycles. The molecular formula is C9H17NO5. The van der Waals surface area contributed by atoms with E-state index in [-0.39, 0.29) is 5.91 Å². The second-order valence-corrected chi connectivity index (χ2v) is 3.65. The van der Waals surface area contributed by atoms with Crippen molar-refractivity contribution in [2.45, 2.75) is 44.5 Å². The monoisotopic (exact) mass is 219 g/mol. The zero-order valence-electron chi connectivity index (χ0n) is 9.01. The molecule has 0 saturated carbocycles. The number of aliphatic hydroxyl groups is 2. The number of ether oxygens (including phenoxy) is 2. The van der Waals surface area contributed by atoms with E-state index in [1.807, 2.05) is 0 Å². The van der Waals surface area contributed by atoms with Crippen LogP contribution in [0.15, 0.2) is 0 Å². The maximum atomic E-state index is 10.9. The Bertz CT molecular complexity index is 235. The summed E-state index contributed by atoms with van der Waals surface area (Å²) in [4.78, 5) is 10.9. The summed E-state index contributed by atoms with van der Waals surface area (Å²) in [6.07, 6.45) is -3.36. The molecule has 0 bridgehead atoms. The third-order valence-electron chi connectivity index (χ3n) is 2.45. The number of methoxy groups -OCH3 is 1. The minimum absolute atomic E-state index is 0.318. The molecule has 0 aromatic rings. The Morgan fingerprint density at radius 2 is 2.00 bits per heavy atom. The van der Waals surface area contributed by atoms with Gasteiger partial charge in [-0.05, 0) is 6.92 Å². The predicted octanol–water partition coefficient (Wildman–Crippen LogP) is -1.40. The van der Waals surface area contributed by atoms with E-state index in [1.165, 1.54) is 14.0 Å². The summed E-state index contributed by atoms with van der Waals surface area (Å²) < 4.78 is 10.1. The lowest BCUT2D eigenvalue weighted by Gasteiger charge is -2.41. The Balaban J connectivity index is 2.74. The van der Waals surface area contributed by atoms with Crippen molar-refractivity contribution >= 4 is 5.91 Å². The molecule has 3 N–H and O–H groups in total. The average Bonchev–Trinajstić information content (AvgIpc) is 2.18. The van der Waals surface area contributed by atoms with Gasteiger partial charge >= 0.3 is 0 Å². The van der Waals surface area contributed by atoms with Gasteiger partial charge in [-0.3, -0.25) is 4.79 Å². The van der Waals surface area contributed by atoms with Crippen LogP contribution in [0.5, 0.6) is 0 Å². The first-order valence-electron chi connectivity index (χ1n) is 4.79. The molecule has 0 aromatic heterocycles. The SMILES string of the molecule is CO[C@H]1O[C@H](C)[C@H](O)[C@H](NC(C)=O)[C@@H]1O. The minimum Gasteiger partial charge on any atom is -0.388 e. The first kappa shape index (κ1) is 12.4. The van der Waals surface area contributed by atoms with Gasteiger partial charge in [0, 0.05) is 14.0 Å². The van der Waals surface area contributed by atoms with Crippen LogP contribution in [0.4, 0.5) is 0 Å². The van der Waals surface area contributed by atoms with Gasteiger partial charge in [-0.25, -0.2) is 0 Å². The molecular weight excluding hydrogens is 202 g/mol. The molecule has 0 aliphatic carbocycles. The van der Waals surface area contributed by atoms with E-state index in [1.54, 1.807) is 6.92 Å². The van der Waals surface area contributed by atoms with Crippen molar-refractivity contribution in [1.82, 2.24) is 5.32 Å². The summed E-state index contributed by atoms with van der Waals surface area (Å²) in [5, 5.41) is 21.9.